The van der Waals surface area contributed by atoms with E-state index in [2.05, 4.69) is 4.99 Å². The molecule has 5 heteroatoms. The van der Waals surface area contributed by atoms with E-state index in [1.54, 1.807) is 31.2 Å². The summed E-state index contributed by atoms with van der Waals surface area (Å²) in [4.78, 5) is 44.2. The van der Waals surface area contributed by atoms with Crippen molar-refractivity contribution in [2.24, 2.45) is 22.2 Å². The highest BCUT2D eigenvalue weighted by atomic mass is 16.5. The minimum absolute atomic E-state index is 0.184. The van der Waals surface area contributed by atoms with E-state index < -0.39 is 28.8 Å². The molecule has 1 heterocycles. The van der Waals surface area contributed by atoms with Gasteiger partial charge in [0.2, 0.25) is 0 Å². The van der Waals surface area contributed by atoms with Gasteiger partial charge in [-0.1, -0.05) is 60.7 Å². The monoisotopic (exact) mass is 375 g/mol. The maximum absolute atomic E-state index is 13.6. The molecule has 4 atom stereocenters. The lowest BCUT2D eigenvalue weighted by molar-refractivity contribution is -0.152. The van der Waals surface area contributed by atoms with E-state index in [4.69, 9.17) is 4.74 Å². The molecule has 0 saturated heterocycles. The van der Waals surface area contributed by atoms with Crippen molar-refractivity contribution in [2.75, 3.05) is 7.11 Å². The van der Waals surface area contributed by atoms with Gasteiger partial charge >= 0.3 is 5.97 Å². The van der Waals surface area contributed by atoms with Gasteiger partial charge in [-0.05, 0) is 24.5 Å². The van der Waals surface area contributed by atoms with Crippen LogP contribution in [0.3, 0.4) is 0 Å². The van der Waals surface area contributed by atoms with Crippen molar-refractivity contribution in [2.45, 2.75) is 18.9 Å². The molecule has 0 amide bonds. The Labute approximate surface area is 163 Å². The predicted molar refractivity (Wildman–Crippen MR) is 104 cm³/mol. The number of carbonyl (C=O) groups excluding carboxylic acids is 3. The first kappa shape index (κ1) is 18.3. The molecule has 0 radical (unpaired) electrons. The second-order valence-electron chi connectivity index (χ2n) is 7.63. The van der Waals surface area contributed by atoms with Crippen LogP contribution >= 0.6 is 0 Å². The third kappa shape index (κ3) is 2.39. The summed E-state index contributed by atoms with van der Waals surface area (Å²) in [6.45, 7) is 1.68. The van der Waals surface area contributed by atoms with Gasteiger partial charge in [-0.25, -0.2) is 4.79 Å². The number of benzene rings is 2. The molecule has 2 aromatic carbocycles. The van der Waals surface area contributed by atoms with E-state index in [0.717, 1.165) is 5.56 Å². The number of carbonyl (C=O) groups is 3. The van der Waals surface area contributed by atoms with Crippen LogP contribution < -0.4 is 0 Å². The predicted octanol–water partition coefficient (Wildman–Crippen LogP) is 2.77. The lowest BCUT2D eigenvalue weighted by atomic mass is 9.73. The number of Topliss-reactive ketones (excluding diaryl/α,β-unsaturated/α-hetero) is 2. The van der Waals surface area contributed by atoms with E-state index in [9.17, 15) is 14.4 Å². The quantitative estimate of drug-likeness (QED) is 0.608. The molecule has 2 aliphatic rings. The van der Waals surface area contributed by atoms with E-state index in [1.165, 1.54) is 13.3 Å². The molecular formula is C23H21NO4. The average Bonchev–Trinajstić information content (AvgIpc) is 3.21. The zero-order valence-corrected chi connectivity index (χ0v) is 15.8. The van der Waals surface area contributed by atoms with Crippen LogP contribution in [0.25, 0.3) is 0 Å². The Morgan fingerprint density at radius 3 is 2.21 bits per heavy atom. The van der Waals surface area contributed by atoms with Crippen molar-refractivity contribution in [1.82, 2.24) is 0 Å². The number of nitrogens with zero attached hydrogens (tertiary/aromatic N) is 1. The van der Waals surface area contributed by atoms with Crippen LogP contribution in [0, 0.1) is 17.3 Å². The standard InChI is InChI=1S/C23H21NO4/c1-22(13-15-9-5-3-6-10-15)19(25)17-14-24-23(21(27)28-2,18(17)20(22)26)16-11-7-4-8-12-16/h3-12,14,17-18H,13H2,1-2H3/t17-,18+,22+,23+/m1/s1. The molecule has 142 valence electrons. The SMILES string of the molecule is COC(=O)[C@@]1(c2ccccc2)N=C[C@H]2C(=O)[C@](C)(Cc3ccccc3)C(=O)[C@H]21. The fourth-order valence-electron chi connectivity index (χ4n) is 4.61. The first-order valence-corrected chi connectivity index (χ1v) is 9.27. The fourth-order valence-corrected chi connectivity index (χ4v) is 4.61. The molecule has 5 nitrogen and oxygen atoms in total. The number of rotatable bonds is 4. The summed E-state index contributed by atoms with van der Waals surface area (Å²) >= 11 is 0. The van der Waals surface area contributed by atoms with Gasteiger partial charge in [0, 0.05) is 6.21 Å². The summed E-state index contributed by atoms with van der Waals surface area (Å²) < 4.78 is 5.05. The number of hydrogen-bond acceptors (Lipinski definition) is 5. The summed E-state index contributed by atoms with van der Waals surface area (Å²) in [5, 5.41) is 0. The minimum Gasteiger partial charge on any atom is -0.467 e. The van der Waals surface area contributed by atoms with Gasteiger partial charge in [0.25, 0.3) is 0 Å². The number of aliphatic imine (C=N–C) groups is 1. The molecule has 1 aliphatic carbocycles. The molecule has 0 aromatic heterocycles. The summed E-state index contributed by atoms with van der Waals surface area (Å²) in [7, 11) is 1.28. The Kier molecular flexibility index (Phi) is 4.26. The van der Waals surface area contributed by atoms with Gasteiger partial charge in [0.05, 0.1) is 24.4 Å². The van der Waals surface area contributed by atoms with E-state index in [-0.39, 0.29) is 11.6 Å². The van der Waals surface area contributed by atoms with Crippen molar-refractivity contribution in [3.63, 3.8) is 0 Å². The zero-order chi connectivity index (χ0) is 19.9. The van der Waals surface area contributed by atoms with Gasteiger partial charge < -0.3 is 4.74 Å². The normalized spacial score (nSPS) is 31.1. The van der Waals surface area contributed by atoms with Crippen LogP contribution in [0.5, 0.6) is 0 Å². The third-order valence-electron chi connectivity index (χ3n) is 6.03. The van der Waals surface area contributed by atoms with Gasteiger partial charge in [-0.2, -0.15) is 0 Å². The Hall–Kier alpha value is -3.08. The summed E-state index contributed by atoms with van der Waals surface area (Å²) in [6, 6.07) is 18.4. The van der Waals surface area contributed by atoms with E-state index in [1.807, 2.05) is 36.4 Å². The van der Waals surface area contributed by atoms with E-state index in [0.29, 0.717) is 12.0 Å². The highest BCUT2D eigenvalue weighted by Crippen LogP contribution is 2.53. The Morgan fingerprint density at radius 2 is 1.61 bits per heavy atom. The molecule has 1 aliphatic heterocycles. The van der Waals surface area contributed by atoms with Crippen LogP contribution in [-0.2, 0) is 31.1 Å². The first-order chi connectivity index (χ1) is 13.4. The van der Waals surface area contributed by atoms with Crippen LogP contribution in [0.15, 0.2) is 65.7 Å². The van der Waals surface area contributed by atoms with Gasteiger partial charge in [0.15, 0.2) is 17.1 Å². The lowest BCUT2D eigenvalue weighted by Gasteiger charge is -2.31. The van der Waals surface area contributed by atoms with Crippen LogP contribution in [-0.4, -0.2) is 30.9 Å². The lowest BCUT2D eigenvalue weighted by Crippen LogP contribution is -2.45. The maximum atomic E-state index is 13.6. The molecule has 0 bridgehead atoms. The number of esters is 1. The third-order valence-corrected chi connectivity index (χ3v) is 6.03. The molecule has 0 N–H and O–H groups in total. The minimum atomic E-state index is -1.51. The largest absolute Gasteiger partial charge is 0.467 e. The van der Waals surface area contributed by atoms with Crippen LogP contribution in [0.2, 0.25) is 0 Å². The average molecular weight is 375 g/mol. The van der Waals surface area contributed by atoms with Crippen molar-refractivity contribution < 1.29 is 19.1 Å². The zero-order valence-electron chi connectivity index (χ0n) is 15.8. The number of fused-ring (bicyclic) bond motifs is 1. The van der Waals surface area contributed by atoms with Crippen molar-refractivity contribution in [1.29, 1.82) is 0 Å². The smallest absolute Gasteiger partial charge is 0.339 e. The second-order valence-corrected chi connectivity index (χ2v) is 7.63. The molecule has 1 fully saturated rings. The molecule has 28 heavy (non-hydrogen) atoms. The second kappa shape index (κ2) is 6.51. The summed E-state index contributed by atoms with van der Waals surface area (Å²) in [5.41, 5.74) is -1.23. The molecule has 1 saturated carbocycles. The highest BCUT2D eigenvalue weighted by Gasteiger charge is 2.68. The van der Waals surface area contributed by atoms with Gasteiger partial charge in [-0.15, -0.1) is 0 Å². The van der Waals surface area contributed by atoms with E-state index >= 15 is 0 Å². The molecule has 4 rings (SSSR count). The van der Waals surface area contributed by atoms with Gasteiger partial charge in [-0.3, -0.25) is 14.6 Å². The molecule has 2 aromatic rings. The number of ketones is 2. The Bertz CT molecular complexity index is 969. The van der Waals surface area contributed by atoms with Crippen LogP contribution in [0.1, 0.15) is 18.1 Å². The number of methoxy groups -OCH3 is 1. The number of ether oxygens (including phenoxy) is 1. The Morgan fingerprint density at radius 1 is 1.00 bits per heavy atom. The fraction of sp³-hybridized carbons (Fsp3) is 0.304. The Balaban J connectivity index is 1.81. The van der Waals surface area contributed by atoms with Crippen LogP contribution in [0.4, 0.5) is 0 Å². The van der Waals surface area contributed by atoms with Crippen molar-refractivity contribution >= 4 is 23.8 Å². The first-order valence-electron chi connectivity index (χ1n) is 9.27. The van der Waals surface area contributed by atoms with Crippen molar-refractivity contribution in [3.8, 4) is 0 Å². The molecular weight excluding hydrogens is 354 g/mol. The highest BCUT2D eigenvalue weighted by molar-refractivity contribution is 6.23. The van der Waals surface area contributed by atoms with Gasteiger partial charge in [0.1, 0.15) is 0 Å². The number of hydrogen-bond donors (Lipinski definition) is 0. The molecule has 0 unspecified atom stereocenters. The summed E-state index contributed by atoms with van der Waals surface area (Å²) in [6.07, 6.45) is 1.78. The summed E-state index contributed by atoms with van der Waals surface area (Å²) in [5.74, 6) is -2.66. The molecule has 0 spiro atoms. The topological polar surface area (TPSA) is 72.8 Å². The van der Waals surface area contributed by atoms with Crippen molar-refractivity contribution in [3.05, 3.63) is 71.8 Å². The maximum Gasteiger partial charge on any atom is 0.339 e.